The molecule has 2 amide bonds. The van der Waals surface area contributed by atoms with Gasteiger partial charge in [0.05, 0.1) is 41.0 Å². The summed E-state index contributed by atoms with van der Waals surface area (Å²) in [7, 11) is 1.43. The second-order valence-electron chi connectivity index (χ2n) is 8.57. The van der Waals surface area contributed by atoms with Crippen LogP contribution in [0.1, 0.15) is 39.1 Å². The van der Waals surface area contributed by atoms with Gasteiger partial charge in [-0.3, -0.25) is 9.59 Å². The molecule has 1 aliphatic heterocycles. The lowest BCUT2D eigenvalue weighted by Gasteiger charge is -2.18. The van der Waals surface area contributed by atoms with Gasteiger partial charge in [0.2, 0.25) is 0 Å². The number of amides is 2. The Morgan fingerprint density at radius 3 is 2.53 bits per heavy atom. The van der Waals surface area contributed by atoms with E-state index >= 15 is 0 Å². The Bertz CT molecular complexity index is 1440. The van der Waals surface area contributed by atoms with Gasteiger partial charge < -0.3 is 20.7 Å². The van der Waals surface area contributed by atoms with E-state index in [9.17, 15) is 14.0 Å². The zero-order chi connectivity index (χ0) is 25.2. The van der Waals surface area contributed by atoms with E-state index in [2.05, 4.69) is 20.3 Å². The summed E-state index contributed by atoms with van der Waals surface area (Å²) in [6.07, 6.45) is 5.42. The van der Waals surface area contributed by atoms with Crippen molar-refractivity contribution >= 4 is 28.5 Å². The SMILES string of the molecule is COc1ccc(F)cc1C(=O)NCc1ccc(-n2ncc3c(N4CCCC4)ncc(C(N)=O)c32)cc1. The van der Waals surface area contributed by atoms with Crippen LogP contribution in [0.2, 0.25) is 0 Å². The van der Waals surface area contributed by atoms with Crippen LogP contribution >= 0.6 is 0 Å². The van der Waals surface area contributed by atoms with Gasteiger partial charge in [-0.2, -0.15) is 5.10 Å². The Morgan fingerprint density at radius 2 is 1.83 bits per heavy atom. The second-order valence-corrected chi connectivity index (χ2v) is 8.57. The van der Waals surface area contributed by atoms with E-state index in [1.807, 2.05) is 24.3 Å². The molecule has 0 aliphatic carbocycles. The van der Waals surface area contributed by atoms with E-state index in [4.69, 9.17) is 10.5 Å². The van der Waals surface area contributed by atoms with E-state index in [-0.39, 0.29) is 12.1 Å². The largest absolute Gasteiger partial charge is 0.496 e. The molecule has 0 radical (unpaired) electrons. The van der Waals surface area contributed by atoms with Gasteiger partial charge in [-0.15, -0.1) is 0 Å². The number of anilines is 1. The van der Waals surface area contributed by atoms with Crippen LogP contribution in [0.15, 0.2) is 54.9 Å². The molecule has 0 saturated carbocycles. The van der Waals surface area contributed by atoms with Gasteiger partial charge in [0.25, 0.3) is 11.8 Å². The fourth-order valence-corrected chi connectivity index (χ4v) is 4.47. The first-order chi connectivity index (χ1) is 17.5. The molecule has 0 atom stereocenters. The van der Waals surface area contributed by atoms with Crippen molar-refractivity contribution in [2.75, 3.05) is 25.1 Å². The molecule has 10 heteroatoms. The molecule has 2 aromatic heterocycles. The number of pyridine rings is 1. The first kappa shape index (κ1) is 23.3. The van der Waals surface area contributed by atoms with E-state index in [0.717, 1.165) is 54.5 Å². The van der Waals surface area contributed by atoms with Crippen LogP contribution < -0.4 is 20.7 Å². The molecule has 36 heavy (non-hydrogen) atoms. The molecule has 184 valence electrons. The summed E-state index contributed by atoms with van der Waals surface area (Å²) >= 11 is 0. The smallest absolute Gasteiger partial charge is 0.255 e. The van der Waals surface area contributed by atoms with Crippen LogP contribution in [0.3, 0.4) is 0 Å². The van der Waals surface area contributed by atoms with Crippen LogP contribution in [0, 0.1) is 5.82 Å². The fourth-order valence-electron chi connectivity index (χ4n) is 4.47. The summed E-state index contributed by atoms with van der Waals surface area (Å²) < 4.78 is 20.4. The van der Waals surface area contributed by atoms with Crippen molar-refractivity contribution in [3.8, 4) is 11.4 Å². The number of rotatable bonds is 7. The highest BCUT2D eigenvalue weighted by Crippen LogP contribution is 2.31. The number of carbonyl (C=O) groups excluding carboxylic acids is 2. The van der Waals surface area contributed by atoms with Crippen molar-refractivity contribution in [3.05, 3.63) is 77.4 Å². The van der Waals surface area contributed by atoms with E-state index in [1.165, 1.54) is 25.4 Å². The van der Waals surface area contributed by atoms with Gasteiger partial charge in [-0.1, -0.05) is 12.1 Å². The van der Waals surface area contributed by atoms with Crippen LogP contribution in [0.4, 0.5) is 10.2 Å². The topological polar surface area (TPSA) is 115 Å². The van der Waals surface area contributed by atoms with Gasteiger partial charge in [-0.05, 0) is 48.7 Å². The minimum absolute atomic E-state index is 0.124. The van der Waals surface area contributed by atoms with Crippen molar-refractivity contribution in [2.24, 2.45) is 5.73 Å². The number of nitrogens with zero attached hydrogens (tertiary/aromatic N) is 4. The number of hydrogen-bond donors (Lipinski definition) is 2. The van der Waals surface area contributed by atoms with Crippen LogP contribution in [0.5, 0.6) is 5.75 Å². The molecule has 1 fully saturated rings. The number of nitrogens with two attached hydrogens (primary N) is 1. The molecular formula is C26H25FN6O3. The number of fused-ring (bicyclic) bond motifs is 1. The second kappa shape index (κ2) is 9.65. The Hall–Kier alpha value is -4.47. The molecule has 1 saturated heterocycles. The summed E-state index contributed by atoms with van der Waals surface area (Å²) in [6, 6.07) is 11.2. The average Bonchev–Trinajstić information content (AvgIpc) is 3.58. The third-order valence-corrected chi connectivity index (χ3v) is 6.29. The number of carbonyl (C=O) groups is 2. The van der Waals surface area contributed by atoms with Gasteiger partial charge in [-0.25, -0.2) is 14.1 Å². The minimum atomic E-state index is -0.575. The zero-order valence-corrected chi connectivity index (χ0v) is 19.7. The summed E-state index contributed by atoms with van der Waals surface area (Å²) in [5.41, 5.74) is 8.24. The first-order valence-electron chi connectivity index (χ1n) is 11.6. The third-order valence-electron chi connectivity index (χ3n) is 6.29. The quantitative estimate of drug-likeness (QED) is 0.413. The predicted octanol–water partition coefficient (Wildman–Crippen LogP) is 3.20. The number of nitrogens with one attached hydrogen (secondary N) is 1. The normalized spacial score (nSPS) is 13.2. The van der Waals surface area contributed by atoms with Gasteiger partial charge in [0.15, 0.2) is 0 Å². The number of benzene rings is 2. The van der Waals surface area contributed by atoms with Gasteiger partial charge >= 0.3 is 0 Å². The minimum Gasteiger partial charge on any atom is -0.496 e. The fraction of sp³-hybridized carbons (Fsp3) is 0.231. The van der Waals surface area contributed by atoms with Crippen LogP contribution in [0.25, 0.3) is 16.6 Å². The van der Waals surface area contributed by atoms with Crippen molar-refractivity contribution in [2.45, 2.75) is 19.4 Å². The predicted molar refractivity (Wildman–Crippen MR) is 133 cm³/mol. The summed E-state index contributed by atoms with van der Waals surface area (Å²) in [6.45, 7) is 2.05. The molecule has 0 spiro atoms. The number of aromatic nitrogens is 3. The molecule has 4 aromatic rings. The van der Waals surface area contributed by atoms with Crippen molar-refractivity contribution in [3.63, 3.8) is 0 Å². The molecule has 0 bridgehead atoms. The monoisotopic (exact) mass is 488 g/mol. The highest BCUT2D eigenvalue weighted by atomic mass is 19.1. The number of hydrogen-bond acceptors (Lipinski definition) is 6. The Morgan fingerprint density at radius 1 is 1.08 bits per heavy atom. The van der Waals surface area contributed by atoms with Crippen LogP contribution in [-0.4, -0.2) is 46.8 Å². The molecule has 9 nitrogen and oxygen atoms in total. The lowest BCUT2D eigenvalue weighted by Crippen LogP contribution is -2.23. The van der Waals surface area contributed by atoms with Crippen LogP contribution in [-0.2, 0) is 6.54 Å². The average molecular weight is 489 g/mol. The van der Waals surface area contributed by atoms with Crippen molar-refractivity contribution in [1.29, 1.82) is 0 Å². The Labute approximate surface area is 206 Å². The first-order valence-corrected chi connectivity index (χ1v) is 11.6. The number of methoxy groups -OCH3 is 1. The van der Waals surface area contributed by atoms with E-state index in [1.54, 1.807) is 10.9 Å². The Balaban J connectivity index is 1.40. The molecule has 2 aromatic carbocycles. The number of primary amides is 1. The maximum atomic E-state index is 13.6. The molecule has 3 N–H and O–H groups in total. The highest BCUT2D eigenvalue weighted by Gasteiger charge is 2.22. The third kappa shape index (κ3) is 4.33. The molecular weight excluding hydrogens is 463 g/mol. The lowest BCUT2D eigenvalue weighted by molar-refractivity contribution is 0.0946. The zero-order valence-electron chi connectivity index (χ0n) is 19.7. The van der Waals surface area contributed by atoms with Gasteiger partial charge in [0, 0.05) is 25.8 Å². The highest BCUT2D eigenvalue weighted by molar-refractivity contribution is 6.07. The maximum absolute atomic E-state index is 13.6. The van der Waals surface area contributed by atoms with Crippen molar-refractivity contribution < 1.29 is 18.7 Å². The summed E-state index contributed by atoms with van der Waals surface area (Å²) in [4.78, 5) is 31.4. The Kier molecular flexibility index (Phi) is 6.24. The number of halogens is 1. The van der Waals surface area contributed by atoms with E-state index < -0.39 is 17.6 Å². The summed E-state index contributed by atoms with van der Waals surface area (Å²) in [5, 5.41) is 8.09. The molecule has 0 unspecified atom stereocenters. The van der Waals surface area contributed by atoms with Crippen molar-refractivity contribution in [1.82, 2.24) is 20.1 Å². The lowest BCUT2D eigenvalue weighted by atomic mass is 10.1. The summed E-state index contributed by atoms with van der Waals surface area (Å²) in [5.74, 6) is -0.445. The maximum Gasteiger partial charge on any atom is 0.255 e. The van der Waals surface area contributed by atoms with E-state index in [0.29, 0.717) is 16.8 Å². The molecule has 1 aliphatic rings. The van der Waals surface area contributed by atoms with Gasteiger partial charge in [0.1, 0.15) is 17.4 Å². The standard InChI is InChI=1S/C26H25FN6O3/c1-36-22-9-6-17(27)12-19(22)26(35)30-13-16-4-7-18(8-5-16)33-23-20(24(28)34)14-29-25(21(23)15-31-33)32-10-2-3-11-32/h4-9,12,14-15H,2-3,10-11,13H2,1H3,(H2,28,34)(H,30,35). The molecule has 5 rings (SSSR count). The number of ether oxygens (including phenoxy) is 1. The molecule has 3 heterocycles.